The van der Waals surface area contributed by atoms with Gasteiger partial charge in [-0.25, -0.2) is 0 Å². The molecule has 0 aromatic carbocycles. The first-order valence-corrected chi connectivity index (χ1v) is 5.91. The molecule has 0 spiro atoms. The minimum absolute atomic E-state index is 0.111. The summed E-state index contributed by atoms with van der Waals surface area (Å²) in [4.78, 5) is 10.2. The molecule has 0 unspecified atom stereocenters. The third-order valence-corrected chi connectivity index (χ3v) is 3.20. The van der Waals surface area contributed by atoms with Crippen molar-refractivity contribution < 1.29 is 4.79 Å². The van der Waals surface area contributed by atoms with Crippen molar-refractivity contribution in [2.45, 2.75) is 38.1 Å². The van der Waals surface area contributed by atoms with E-state index in [2.05, 4.69) is 17.7 Å². The molecule has 2 aliphatic rings. The first-order chi connectivity index (χ1) is 7.24. The van der Waals surface area contributed by atoms with Crippen molar-refractivity contribution in [1.29, 1.82) is 0 Å². The highest BCUT2D eigenvalue weighted by molar-refractivity contribution is 5.78. The van der Waals surface area contributed by atoms with Crippen LogP contribution in [0.15, 0.2) is 0 Å². The molecule has 4 N–H and O–H groups in total. The van der Waals surface area contributed by atoms with Crippen LogP contribution in [-0.2, 0) is 4.79 Å². The molecule has 0 aromatic heterocycles. The average Bonchev–Trinajstić information content (AvgIpc) is 2.16. The lowest BCUT2D eigenvalue weighted by Crippen LogP contribution is -2.49. The smallest absolute Gasteiger partial charge is 0.223 e. The molecule has 1 saturated heterocycles. The summed E-state index contributed by atoms with van der Waals surface area (Å²) in [5, 5.41) is 6.25. The number of hydrogen-bond donors (Lipinski definition) is 3. The van der Waals surface area contributed by atoms with Crippen LogP contribution in [0.4, 0.5) is 0 Å². The fourth-order valence-electron chi connectivity index (χ4n) is 1.88. The van der Waals surface area contributed by atoms with E-state index in [-0.39, 0.29) is 11.8 Å². The van der Waals surface area contributed by atoms with Gasteiger partial charge >= 0.3 is 0 Å². The highest BCUT2D eigenvalue weighted by Gasteiger charge is 2.21. The molecule has 0 aromatic rings. The van der Waals surface area contributed by atoms with Gasteiger partial charge in [-0.05, 0) is 19.9 Å². The Morgan fingerprint density at radius 3 is 2.07 bits per heavy atom. The summed E-state index contributed by atoms with van der Waals surface area (Å²) in [6.45, 7) is 1.55. The Labute approximate surface area is 92.0 Å². The maximum absolute atomic E-state index is 10.2. The number of carbonyl (C=O) groups is 1. The van der Waals surface area contributed by atoms with Crippen LogP contribution in [0.1, 0.15) is 32.1 Å². The fourth-order valence-corrected chi connectivity index (χ4v) is 1.88. The number of primary amides is 1. The van der Waals surface area contributed by atoms with Gasteiger partial charge in [0, 0.05) is 19.1 Å². The van der Waals surface area contributed by atoms with Crippen LogP contribution in [0.5, 0.6) is 0 Å². The van der Waals surface area contributed by atoms with Gasteiger partial charge < -0.3 is 16.4 Å². The summed E-state index contributed by atoms with van der Waals surface area (Å²) >= 11 is 0. The van der Waals surface area contributed by atoms with Crippen molar-refractivity contribution >= 4 is 5.91 Å². The van der Waals surface area contributed by atoms with Crippen LogP contribution in [0.3, 0.4) is 0 Å². The molecule has 15 heavy (non-hydrogen) atoms. The minimum Gasteiger partial charge on any atom is -0.369 e. The summed E-state index contributed by atoms with van der Waals surface area (Å²) in [5.41, 5.74) is 4.92. The molecule has 4 nitrogen and oxygen atoms in total. The molecule has 1 saturated carbocycles. The van der Waals surface area contributed by atoms with Gasteiger partial charge in [0.1, 0.15) is 0 Å². The summed E-state index contributed by atoms with van der Waals surface area (Å²) in [6.07, 6.45) is 7.13. The Morgan fingerprint density at radius 1 is 1.27 bits per heavy atom. The normalized spacial score (nSPS) is 22.5. The summed E-state index contributed by atoms with van der Waals surface area (Å²) in [6, 6.07) is 0.837. The van der Waals surface area contributed by atoms with E-state index in [1.165, 1.54) is 32.1 Å². The molecular weight excluding hydrogens is 190 g/mol. The second-order valence-electron chi connectivity index (χ2n) is 4.38. The minimum atomic E-state index is -0.182. The van der Waals surface area contributed by atoms with Gasteiger partial charge in [-0.3, -0.25) is 4.79 Å². The molecule has 2 rings (SSSR count). The molecule has 1 heterocycles. The van der Waals surface area contributed by atoms with Crippen molar-refractivity contribution in [1.82, 2.24) is 10.6 Å². The van der Waals surface area contributed by atoms with Gasteiger partial charge in [-0.2, -0.15) is 0 Å². The number of hydrogen-bond acceptors (Lipinski definition) is 3. The Balaban J connectivity index is 0.000000151. The molecule has 1 aliphatic carbocycles. The number of nitrogens with two attached hydrogens (primary N) is 1. The molecule has 4 heteroatoms. The largest absolute Gasteiger partial charge is 0.369 e. The Kier molecular flexibility index (Phi) is 5.65. The van der Waals surface area contributed by atoms with E-state index < -0.39 is 0 Å². The molecule has 88 valence electrons. The van der Waals surface area contributed by atoms with Crippen LogP contribution >= 0.6 is 0 Å². The second-order valence-corrected chi connectivity index (χ2v) is 4.38. The van der Waals surface area contributed by atoms with Crippen LogP contribution < -0.4 is 16.4 Å². The van der Waals surface area contributed by atoms with Gasteiger partial charge in [0.2, 0.25) is 5.91 Å². The third kappa shape index (κ3) is 4.62. The third-order valence-electron chi connectivity index (χ3n) is 3.20. The van der Waals surface area contributed by atoms with E-state index in [0.717, 1.165) is 19.1 Å². The van der Waals surface area contributed by atoms with Gasteiger partial charge in [0.25, 0.3) is 0 Å². The molecule has 1 aliphatic heterocycles. The fraction of sp³-hybridized carbons (Fsp3) is 0.909. The van der Waals surface area contributed by atoms with Crippen LogP contribution in [0.2, 0.25) is 0 Å². The molecular formula is C11H23N3O. The van der Waals surface area contributed by atoms with Gasteiger partial charge in [0.05, 0.1) is 5.92 Å². The lowest BCUT2D eigenvalue weighted by molar-refractivity contribution is -0.123. The van der Waals surface area contributed by atoms with Crippen molar-refractivity contribution in [3.05, 3.63) is 0 Å². The molecule has 0 radical (unpaired) electrons. The van der Waals surface area contributed by atoms with Crippen molar-refractivity contribution in [2.75, 3.05) is 20.1 Å². The van der Waals surface area contributed by atoms with E-state index >= 15 is 0 Å². The van der Waals surface area contributed by atoms with Crippen molar-refractivity contribution in [2.24, 2.45) is 11.7 Å². The van der Waals surface area contributed by atoms with E-state index in [1.54, 1.807) is 0 Å². The number of rotatable bonds is 2. The van der Waals surface area contributed by atoms with E-state index in [9.17, 15) is 4.79 Å². The molecule has 0 bridgehead atoms. The standard InChI is InChI=1S/C7H15N.C4H8N2O/c1-8-7-5-3-2-4-6-7;5-4(7)3-1-6-2-3/h7-8H,2-6H2,1H3;3,6H,1-2H2,(H2,5,7). The number of nitrogens with one attached hydrogen (secondary N) is 2. The predicted molar refractivity (Wildman–Crippen MR) is 61.5 cm³/mol. The van der Waals surface area contributed by atoms with Gasteiger partial charge in [0.15, 0.2) is 0 Å². The summed E-state index contributed by atoms with van der Waals surface area (Å²) in [7, 11) is 2.07. The lowest BCUT2D eigenvalue weighted by atomic mass is 9.96. The Bertz CT molecular complexity index is 186. The Morgan fingerprint density at radius 2 is 1.87 bits per heavy atom. The summed E-state index contributed by atoms with van der Waals surface area (Å²) < 4.78 is 0. The summed E-state index contributed by atoms with van der Waals surface area (Å²) in [5.74, 6) is -0.0706. The number of carbonyl (C=O) groups excluding carboxylic acids is 1. The van der Waals surface area contributed by atoms with E-state index in [4.69, 9.17) is 5.73 Å². The predicted octanol–water partition coefficient (Wildman–Crippen LogP) is 0.230. The average molecular weight is 213 g/mol. The SMILES string of the molecule is CNC1CCCCC1.NC(=O)C1CNC1. The maximum Gasteiger partial charge on any atom is 0.223 e. The van der Waals surface area contributed by atoms with Gasteiger partial charge in [-0.1, -0.05) is 19.3 Å². The topological polar surface area (TPSA) is 67.1 Å². The second kappa shape index (κ2) is 6.80. The first kappa shape index (κ1) is 12.5. The van der Waals surface area contributed by atoms with E-state index in [0.29, 0.717) is 0 Å². The number of amides is 1. The van der Waals surface area contributed by atoms with E-state index in [1.807, 2.05) is 0 Å². The zero-order valence-corrected chi connectivity index (χ0v) is 9.59. The van der Waals surface area contributed by atoms with Crippen molar-refractivity contribution in [3.8, 4) is 0 Å². The highest BCUT2D eigenvalue weighted by Crippen LogP contribution is 2.16. The van der Waals surface area contributed by atoms with Crippen molar-refractivity contribution in [3.63, 3.8) is 0 Å². The van der Waals surface area contributed by atoms with Crippen LogP contribution in [-0.4, -0.2) is 32.1 Å². The first-order valence-electron chi connectivity index (χ1n) is 5.91. The van der Waals surface area contributed by atoms with Gasteiger partial charge in [-0.15, -0.1) is 0 Å². The maximum atomic E-state index is 10.2. The van der Waals surface area contributed by atoms with Crippen LogP contribution in [0.25, 0.3) is 0 Å². The zero-order chi connectivity index (χ0) is 11.1. The quantitative estimate of drug-likeness (QED) is 0.615. The zero-order valence-electron chi connectivity index (χ0n) is 9.59. The Hall–Kier alpha value is -0.610. The monoisotopic (exact) mass is 213 g/mol. The lowest BCUT2D eigenvalue weighted by Gasteiger charge is -2.22. The van der Waals surface area contributed by atoms with Crippen LogP contribution in [0, 0.1) is 5.92 Å². The highest BCUT2D eigenvalue weighted by atomic mass is 16.1. The molecule has 2 fully saturated rings. The molecule has 0 atom stereocenters. The molecule has 1 amide bonds.